The highest BCUT2D eigenvalue weighted by atomic mass is 79.9. The smallest absolute Gasteiger partial charge is 0.176 e. The molecule has 0 amide bonds. The Hall–Kier alpha value is -0.710. The number of halogens is 1. The second-order valence-corrected chi connectivity index (χ2v) is 6.22. The van der Waals surface area contributed by atoms with Crippen molar-refractivity contribution in [3.8, 4) is 0 Å². The number of carbonyl (C=O) groups is 1. The first kappa shape index (κ1) is 15.7. The summed E-state index contributed by atoms with van der Waals surface area (Å²) in [5.74, 6) is 0.183. The Bertz CT molecular complexity index is 450. The molecule has 0 radical (unpaired) electrons. The van der Waals surface area contributed by atoms with Gasteiger partial charge in [-0.05, 0) is 37.9 Å². The standard InChI is InChI=1S/C16H22BrNO2/c1-2-9-20-15-7-4-8-18(11-15)12-16(19)13-5-3-6-14(17)10-13/h3,5-6,10,15H,2,4,7-9,11-12H2,1H3. The molecule has 0 aromatic heterocycles. The van der Waals surface area contributed by atoms with E-state index >= 15 is 0 Å². The van der Waals surface area contributed by atoms with Crippen LogP contribution in [-0.4, -0.2) is 43.0 Å². The van der Waals surface area contributed by atoms with Crippen LogP contribution in [0.4, 0.5) is 0 Å². The summed E-state index contributed by atoms with van der Waals surface area (Å²) in [5.41, 5.74) is 0.774. The van der Waals surface area contributed by atoms with Crippen LogP contribution in [0.5, 0.6) is 0 Å². The van der Waals surface area contributed by atoms with Crippen molar-refractivity contribution in [2.75, 3.05) is 26.2 Å². The van der Waals surface area contributed by atoms with Gasteiger partial charge in [-0.25, -0.2) is 0 Å². The molecule has 1 heterocycles. The predicted molar refractivity (Wildman–Crippen MR) is 84.2 cm³/mol. The molecular formula is C16H22BrNO2. The van der Waals surface area contributed by atoms with E-state index in [1.54, 1.807) is 0 Å². The molecular weight excluding hydrogens is 318 g/mol. The van der Waals surface area contributed by atoms with E-state index in [1.165, 1.54) is 0 Å². The first-order valence-corrected chi connectivity index (χ1v) is 8.11. The molecule has 0 aliphatic carbocycles. The Morgan fingerprint density at radius 2 is 2.35 bits per heavy atom. The second kappa shape index (κ2) is 7.91. The number of hydrogen-bond acceptors (Lipinski definition) is 3. The molecule has 0 saturated carbocycles. The van der Waals surface area contributed by atoms with Crippen molar-refractivity contribution in [2.24, 2.45) is 0 Å². The van der Waals surface area contributed by atoms with Gasteiger partial charge < -0.3 is 4.74 Å². The normalized spacial score (nSPS) is 20.0. The summed E-state index contributed by atoms with van der Waals surface area (Å²) >= 11 is 3.41. The molecule has 1 aromatic carbocycles. The van der Waals surface area contributed by atoms with Gasteiger partial charge in [0.25, 0.3) is 0 Å². The third kappa shape index (κ3) is 4.69. The van der Waals surface area contributed by atoms with Gasteiger partial charge in [-0.3, -0.25) is 9.69 Å². The number of Topliss-reactive ketones (excluding diaryl/α,β-unsaturated/α-hetero) is 1. The molecule has 0 spiro atoms. The molecule has 0 bridgehead atoms. The molecule has 2 rings (SSSR count). The average Bonchev–Trinajstić information content (AvgIpc) is 2.45. The summed E-state index contributed by atoms with van der Waals surface area (Å²) in [5, 5.41) is 0. The lowest BCUT2D eigenvalue weighted by Gasteiger charge is -2.32. The van der Waals surface area contributed by atoms with Crippen molar-refractivity contribution in [1.82, 2.24) is 4.90 Å². The Morgan fingerprint density at radius 3 is 3.10 bits per heavy atom. The van der Waals surface area contributed by atoms with Gasteiger partial charge in [0.15, 0.2) is 5.78 Å². The van der Waals surface area contributed by atoms with Crippen molar-refractivity contribution in [3.05, 3.63) is 34.3 Å². The zero-order valence-corrected chi connectivity index (χ0v) is 13.6. The average molecular weight is 340 g/mol. The van der Waals surface area contributed by atoms with E-state index < -0.39 is 0 Å². The fraction of sp³-hybridized carbons (Fsp3) is 0.562. The fourth-order valence-corrected chi connectivity index (χ4v) is 2.93. The number of ether oxygens (including phenoxy) is 1. The number of likely N-dealkylation sites (tertiary alicyclic amines) is 1. The minimum Gasteiger partial charge on any atom is -0.377 e. The van der Waals surface area contributed by atoms with E-state index in [2.05, 4.69) is 27.8 Å². The summed E-state index contributed by atoms with van der Waals surface area (Å²) in [6.45, 7) is 5.30. The molecule has 4 heteroatoms. The van der Waals surface area contributed by atoms with Gasteiger partial charge in [-0.2, -0.15) is 0 Å². The molecule has 1 aromatic rings. The summed E-state index contributed by atoms with van der Waals surface area (Å²) in [4.78, 5) is 14.5. The maximum Gasteiger partial charge on any atom is 0.176 e. The number of carbonyl (C=O) groups excluding carboxylic acids is 1. The zero-order chi connectivity index (χ0) is 14.4. The minimum atomic E-state index is 0.183. The Kier molecular flexibility index (Phi) is 6.20. The van der Waals surface area contributed by atoms with Crippen LogP contribution in [0.1, 0.15) is 36.5 Å². The minimum absolute atomic E-state index is 0.183. The Balaban J connectivity index is 1.87. The third-order valence-corrected chi connectivity index (χ3v) is 4.03. The number of ketones is 1. The van der Waals surface area contributed by atoms with Crippen LogP contribution < -0.4 is 0 Å². The first-order chi connectivity index (χ1) is 9.69. The van der Waals surface area contributed by atoms with E-state index in [0.717, 1.165) is 49.0 Å². The van der Waals surface area contributed by atoms with E-state index in [9.17, 15) is 4.79 Å². The van der Waals surface area contributed by atoms with Crippen LogP contribution in [0.25, 0.3) is 0 Å². The highest BCUT2D eigenvalue weighted by molar-refractivity contribution is 9.10. The van der Waals surface area contributed by atoms with Crippen molar-refractivity contribution >= 4 is 21.7 Å². The monoisotopic (exact) mass is 339 g/mol. The van der Waals surface area contributed by atoms with Crippen LogP contribution >= 0.6 is 15.9 Å². The molecule has 1 unspecified atom stereocenters. The predicted octanol–water partition coefficient (Wildman–Crippen LogP) is 3.52. The van der Waals surface area contributed by atoms with Gasteiger partial charge in [0, 0.05) is 23.2 Å². The van der Waals surface area contributed by atoms with Gasteiger partial charge in [-0.15, -0.1) is 0 Å². The van der Waals surface area contributed by atoms with Crippen LogP contribution in [0.2, 0.25) is 0 Å². The van der Waals surface area contributed by atoms with Crippen LogP contribution in [0.15, 0.2) is 28.7 Å². The summed E-state index contributed by atoms with van der Waals surface area (Å²) in [6, 6.07) is 7.60. The lowest BCUT2D eigenvalue weighted by atomic mass is 10.1. The van der Waals surface area contributed by atoms with Gasteiger partial charge >= 0.3 is 0 Å². The van der Waals surface area contributed by atoms with Crippen molar-refractivity contribution in [2.45, 2.75) is 32.3 Å². The summed E-state index contributed by atoms with van der Waals surface area (Å²) in [6.07, 6.45) is 3.56. The first-order valence-electron chi connectivity index (χ1n) is 7.31. The van der Waals surface area contributed by atoms with Crippen LogP contribution in [0.3, 0.4) is 0 Å². The van der Waals surface area contributed by atoms with Gasteiger partial charge in [-0.1, -0.05) is 35.0 Å². The van der Waals surface area contributed by atoms with Gasteiger partial charge in [0.2, 0.25) is 0 Å². The third-order valence-electron chi connectivity index (χ3n) is 3.53. The molecule has 1 aliphatic rings. The molecule has 3 nitrogen and oxygen atoms in total. The van der Waals surface area contributed by atoms with Crippen LogP contribution in [-0.2, 0) is 4.74 Å². The molecule has 1 atom stereocenters. The van der Waals surface area contributed by atoms with Crippen molar-refractivity contribution in [1.29, 1.82) is 0 Å². The maximum atomic E-state index is 12.3. The van der Waals surface area contributed by atoms with E-state index in [4.69, 9.17) is 4.74 Å². The van der Waals surface area contributed by atoms with Crippen LogP contribution in [0, 0.1) is 0 Å². The summed E-state index contributed by atoms with van der Waals surface area (Å²) < 4.78 is 6.76. The van der Waals surface area contributed by atoms with E-state index in [-0.39, 0.29) is 5.78 Å². The number of piperidine rings is 1. The molecule has 0 N–H and O–H groups in total. The molecule has 110 valence electrons. The van der Waals surface area contributed by atoms with Gasteiger partial charge in [0.1, 0.15) is 0 Å². The SMILES string of the molecule is CCCOC1CCCN(CC(=O)c2cccc(Br)c2)C1. The van der Waals surface area contributed by atoms with E-state index in [0.29, 0.717) is 12.6 Å². The fourth-order valence-electron chi connectivity index (χ4n) is 2.53. The number of rotatable bonds is 6. The number of benzene rings is 1. The lowest BCUT2D eigenvalue weighted by molar-refractivity contribution is 0.00131. The second-order valence-electron chi connectivity index (χ2n) is 5.30. The lowest BCUT2D eigenvalue weighted by Crippen LogP contribution is -2.42. The zero-order valence-electron chi connectivity index (χ0n) is 12.0. The Labute approximate surface area is 129 Å². The Morgan fingerprint density at radius 1 is 1.50 bits per heavy atom. The quantitative estimate of drug-likeness (QED) is 0.742. The molecule has 20 heavy (non-hydrogen) atoms. The largest absolute Gasteiger partial charge is 0.377 e. The molecule has 1 fully saturated rings. The maximum absolute atomic E-state index is 12.3. The highest BCUT2D eigenvalue weighted by Crippen LogP contribution is 2.16. The van der Waals surface area contributed by atoms with E-state index in [1.807, 2.05) is 24.3 Å². The summed E-state index contributed by atoms with van der Waals surface area (Å²) in [7, 11) is 0. The van der Waals surface area contributed by atoms with Crippen molar-refractivity contribution in [3.63, 3.8) is 0 Å². The van der Waals surface area contributed by atoms with Crippen molar-refractivity contribution < 1.29 is 9.53 Å². The highest BCUT2D eigenvalue weighted by Gasteiger charge is 2.22. The topological polar surface area (TPSA) is 29.5 Å². The number of hydrogen-bond donors (Lipinski definition) is 0. The van der Waals surface area contributed by atoms with Gasteiger partial charge in [0.05, 0.1) is 12.6 Å². The molecule has 1 saturated heterocycles. The molecule has 1 aliphatic heterocycles. The number of nitrogens with zero attached hydrogens (tertiary/aromatic N) is 1.